The summed E-state index contributed by atoms with van der Waals surface area (Å²) < 4.78 is 1.53. The minimum absolute atomic E-state index is 0.00488. The van der Waals surface area contributed by atoms with Crippen molar-refractivity contribution >= 4 is 27.4 Å². The summed E-state index contributed by atoms with van der Waals surface area (Å²) in [5.74, 6) is 1.64. The van der Waals surface area contributed by atoms with Gasteiger partial charge < -0.3 is 4.90 Å². The minimum atomic E-state index is -0.140. The Kier molecular flexibility index (Phi) is 5.67. The number of anilines is 1. The van der Waals surface area contributed by atoms with Gasteiger partial charge in [-0.2, -0.15) is 5.26 Å². The molecule has 8 heteroatoms. The van der Waals surface area contributed by atoms with Gasteiger partial charge in [-0.15, -0.1) is 11.3 Å². The van der Waals surface area contributed by atoms with E-state index in [0.29, 0.717) is 17.8 Å². The quantitative estimate of drug-likeness (QED) is 0.472. The average molecular weight is 443 g/mol. The fraction of sp³-hybridized carbons (Fsp3) is 0.250. The monoisotopic (exact) mass is 442 g/mol. The number of piperazine rings is 1. The molecule has 0 N–H and O–H groups in total. The van der Waals surface area contributed by atoms with Crippen LogP contribution < -0.4 is 10.5 Å². The average Bonchev–Trinajstić information content (AvgIpc) is 3.27. The number of pyridine rings is 1. The molecular formula is C24H22N6OS. The Morgan fingerprint density at radius 1 is 1.03 bits per heavy atom. The van der Waals surface area contributed by atoms with Crippen LogP contribution in [0.1, 0.15) is 5.82 Å². The maximum Gasteiger partial charge on any atom is 0.263 e. The van der Waals surface area contributed by atoms with Gasteiger partial charge in [-0.3, -0.25) is 14.3 Å². The molecule has 0 radical (unpaired) electrons. The van der Waals surface area contributed by atoms with Crippen LogP contribution >= 0.6 is 11.3 Å². The van der Waals surface area contributed by atoms with E-state index in [1.54, 1.807) is 0 Å². The molecule has 4 aromatic rings. The fourth-order valence-electron chi connectivity index (χ4n) is 4.13. The third kappa shape index (κ3) is 3.88. The maximum atomic E-state index is 13.4. The van der Waals surface area contributed by atoms with Crippen molar-refractivity contribution in [2.24, 2.45) is 0 Å². The molecule has 0 bridgehead atoms. The van der Waals surface area contributed by atoms with Crippen LogP contribution in [0.4, 0.5) is 5.82 Å². The number of hydrogen-bond donors (Lipinski definition) is 0. The lowest BCUT2D eigenvalue weighted by molar-refractivity contribution is 0.239. The number of fused-ring (bicyclic) bond motifs is 1. The Labute approximate surface area is 189 Å². The molecule has 0 amide bonds. The number of thiophene rings is 1. The van der Waals surface area contributed by atoms with Crippen molar-refractivity contribution in [1.29, 1.82) is 5.26 Å². The van der Waals surface area contributed by atoms with Crippen LogP contribution in [0.2, 0.25) is 0 Å². The first kappa shape index (κ1) is 20.4. The van der Waals surface area contributed by atoms with Crippen LogP contribution in [0.25, 0.3) is 21.3 Å². The summed E-state index contributed by atoms with van der Waals surface area (Å²) in [6.07, 6.45) is 1.81. The number of nitrogens with zero attached hydrogens (tertiary/aromatic N) is 6. The molecular weight excluding hydrogens is 420 g/mol. The van der Waals surface area contributed by atoms with E-state index in [9.17, 15) is 10.1 Å². The van der Waals surface area contributed by atoms with Gasteiger partial charge in [0.25, 0.3) is 5.56 Å². The van der Waals surface area contributed by atoms with Crippen molar-refractivity contribution < 1.29 is 0 Å². The zero-order valence-electron chi connectivity index (χ0n) is 17.5. The van der Waals surface area contributed by atoms with Crippen molar-refractivity contribution in [2.75, 3.05) is 31.1 Å². The van der Waals surface area contributed by atoms with Gasteiger partial charge in [-0.1, -0.05) is 36.4 Å². The van der Waals surface area contributed by atoms with E-state index in [0.717, 1.165) is 48.0 Å². The van der Waals surface area contributed by atoms with E-state index in [2.05, 4.69) is 20.9 Å². The lowest BCUT2D eigenvalue weighted by atomic mass is 10.1. The summed E-state index contributed by atoms with van der Waals surface area (Å²) in [5.41, 5.74) is 1.73. The predicted molar refractivity (Wildman–Crippen MR) is 127 cm³/mol. The van der Waals surface area contributed by atoms with Crippen LogP contribution in [0, 0.1) is 11.3 Å². The normalized spacial score (nSPS) is 14.5. The lowest BCUT2D eigenvalue weighted by Crippen LogP contribution is -2.47. The summed E-state index contributed by atoms with van der Waals surface area (Å²) in [7, 11) is 0. The largest absolute Gasteiger partial charge is 0.354 e. The molecule has 3 aromatic heterocycles. The molecule has 0 aliphatic carbocycles. The molecule has 4 heterocycles. The Bertz CT molecular complexity index is 1320. The SMILES string of the molecule is N#CCn1c(CN2CCN(c3ccccn3)CC2)nc2scc(-c3ccccc3)c2c1=O. The van der Waals surface area contributed by atoms with E-state index in [1.165, 1.54) is 15.9 Å². The molecule has 0 spiro atoms. The van der Waals surface area contributed by atoms with Gasteiger partial charge in [-0.25, -0.2) is 9.97 Å². The van der Waals surface area contributed by atoms with Crippen molar-refractivity contribution in [1.82, 2.24) is 19.4 Å². The zero-order chi connectivity index (χ0) is 21.9. The first-order chi connectivity index (χ1) is 15.7. The Balaban J connectivity index is 1.43. The van der Waals surface area contributed by atoms with Crippen LogP contribution in [0.5, 0.6) is 0 Å². The number of hydrogen-bond acceptors (Lipinski definition) is 7. The number of aromatic nitrogens is 3. The first-order valence-corrected chi connectivity index (χ1v) is 11.4. The van der Waals surface area contributed by atoms with Gasteiger partial charge in [0.05, 0.1) is 18.0 Å². The summed E-state index contributed by atoms with van der Waals surface area (Å²) in [6, 6.07) is 17.9. The van der Waals surface area contributed by atoms with Crippen molar-refractivity contribution in [3.05, 3.63) is 76.3 Å². The van der Waals surface area contributed by atoms with Gasteiger partial charge in [0.15, 0.2) is 0 Å². The highest BCUT2D eigenvalue weighted by Gasteiger charge is 2.22. The van der Waals surface area contributed by atoms with Crippen molar-refractivity contribution in [3.8, 4) is 17.2 Å². The third-order valence-corrected chi connectivity index (χ3v) is 6.67. The molecule has 32 heavy (non-hydrogen) atoms. The Hall–Kier alpha value is -3.54. The standard InChI is InChI=1S/C24H22N6OS/c25-9-11-30-21(16-28-12-14-29(15-13-28)20-8-4-5-10-26-20)27-23-22(24(30)31)19(17-32-23)18-6-2-1-3-7-18/h1-8,10,17H,11-16H2. The van der Waals surface area contributed by atoms with Crippen molar-refractivity contribution in [3.63, 3.8) is 0 Å². The second-order valence-electron chi connectivity index (χ2n) is 7.72. The van der Waals surface area contributed by atoms with Crippen LogP contribution in [0.15, 0.2) is 64.9 Å². The summed E-state index contributed by atoms with van der Waals surface area (Å²) in [4.78, 5) is 28.0. The molecule has 5 rings (SSSR count). The maximum absolute atomic E-state index is 13.4. The fourth-order valence-corrected chi connectivity index (χ4v) is 5.08. The smallest absolute Gasteiger partial charge is 0.263 e. The van der Waals surface area contributed by atoms with Gasteiger partial charge in [0.1, 0.15) is 23.0 Å². The van der Waals surface area contributed by atoms with Gasteiger partial charge >= 0.3 is 0 Å². The van der Waals surface area contributed by atoms with Crippen LogP contribution in [-0.2, 0) is 13.1 Å². The third-order valence-electron chi connectivity index (χ3n) is 5.80. The van der Waals surface area contributed by atoms with Gasteiger partial charge in [0, 0.05) is 43.3 Å². The molecule has 7 nitrogen and oxygen atoms in total. The van der Waals surface area contributed by atoms with Crippen LogP contribution in [0.3, 0.4) is 0 Å². The summed E-state index contributed by atoms with van der Waals surface area (Å²) in [6.45, 7) is 3.95. The highest BCUT2D eigenvalue weighted by molar-refractivity contribution is 7.17. The van der Waals surface area contributed by atoms with Crippen molar-refractivity contribution in [2.45, 2.75) is 13.1 Å². The first-order valence-electron chi connectivity index (χ1n) is 10.6. The molecule has 0 unspecified atom stereocenters. The summed E-state index contributed by atoms with van der Waals surface area (Å²) >= 11 is 1.48. The number of nitriles is 1. The molecule has 1 aliphatic rings. The van der Waals surface area contributed by atoms with E-state index in [-0.39, 0.29) is 12.1 Å². The summed E-state index contributed by atoms with van der Waals surface area (Å²) in [5, 5.41) is 12.0. The molecule has 0 atom stereocenters. The molecule has 160 valence electrons. The second kappa shape index (κ2) is 8.91. The van der Waals surface area contributed by atoms with Crippen LogP contribution in [-0.4, -0.2) is 45.6 Å². The van der Waals surface area contributed by atoms with Gasteiger partial charge in [-0.05, 0) is 17.7 Å². The number of benzene rings is 1. The predicted octanol–water partition coefficient (Wildman–Crippen LogP) is 3.37. The molecule has 0 saturated carbocycles. The van der Waals surface area contributed by atoms with E-state index < -0.39 is 0 Å². The molecule has 1 aliphatic heterocycles. The zero-order valence-corrected chi connectivity index (χ0v) is 18.3. The lowest BCUT2D eigenvalue weighted by Gasteiger charge is -2.35. The van der Waals surface area contributed by atoms with E-state index in [1.807, 2.05) is 60.1 Å². The topological polar surface area (TPSA) is 78.1 Å². The molecule has 1 fully saturated rings. The second-order valence-corrected chi connectivity index (χ2v) is 8.58. The van der Waals surface area contributed by atoms with E-state index in [4.69, 9.17) is 4.98 Å². The Morgan fingerprint density at radius 3 is 2.53 bits per heavy atom. The Morgan fingerprint density at radius 2 is 1.81 bits per heavy atom. The minimum Gasteiger partial charge on any atom is -0.354 e. The number of rotatable bonds is 5. The van der Waals surface area contributed by atoms with Gasteiger partial charge in [0.2, 0.25) is 0 Å². The molecule has 1 aromatic carbocycles. The molecule has 1 saturated heterocycles. The van der Waals surface area contributed by atoms with E-state index >= 15 is 0 Å². The highest BCUT2D eigenvalue weighted by Crippen LogP contribution is 2.31. The highest BCUT2D eigenvalue weighted by atomic mass is 32.1.